The minimum absolute atomic E-state index is 0.0156. The second-order valence-corrected chi connectivity index (χ2v) is 10.7. The van der Waals surface area contributed by atoms with Crippen LogP contribution in [0.5, 0.6) is 5.75 Å². The van der Waals surface area contributed by atoms with Gasteiger partial charge in [0.1, 0.15) is 0 Å². The molecule has 3 N–H and O–H groups in total. The van der Waals surface area contributed by atoms with Gasteiger partial charge in [-0.1, -0.05) is 25.4 Å². The molecule has 2 aliphatic rings. The van der Waals surface area contributed by atoms with E-state index < -0.39 is 17.5 Å². The lowest BCUT2D eigenvalue weighted by Gasteiger charge is -2.37. The summed E-state index contributed by atoms with van der Waals surface area (Å²) in [5.74, 6) is -3.07. The molecule has 2 fully saturated rings. The Morgan fingerprint density at radius 2 is 1.65 bits per heavy atom. The molecule has 3 amide bonds. The Balaban J connectivity index is 0.00000139. The number of benzene rings is 2. The number of imidazole rings is 1. The van der Waals surface area contributed by atoms with Crippen molar-refractivity contribution in [3.63, 3.8) is 0 Å². The molecule has 0 aliphatic carbocycles. The molecular formula is C32H41ClF2N6O5. The number of amides is 3. The number of hydrogen-bond donors (Lipinski definition) is 3. The number of carbonyl (C=O) groups is 3. The van der Waals surface area contributed by atoms with Crippen LogP contribution in [0.2, 0.25) is 5.02 Å². The topological polar surface area (TPSA) is 129 Å². The molecule has 250 valence electrons. The molecule has 0 atom stereocenters. The lowest BCUT2D eigenvalue weighted by molar-refractivity contribution is -0.137. The fourth-order valence-corrected chi connectivity index (χ4v) is 5.59. The van der Waals surface area contributed by atoms with E-state index in [0.717, 1.165) is 39.1 Å². The molecule has 0 spiro atoms. The number of anilines is 1. The van der Waals surface area contributed by atoms with Gasteiger partial charge in [0.2, 0.25) is 11.7 Å². The summed E-state index contributed by atoms with van der Waals surface area (Å²) < 4.78 is 34.2. The monoisotopic (exact) mass is 662 g/mol. The van der Waals surface area contributed by atoms with Gasteiger partial charge in [-0.05, 0) is 56.3 Å². The van der Waals surface area contributed by atoms with Crippen LogP contribution in [-0.4, -0.2) is 95.7 Å². The fraction of sp³-hybridized carbons (Fsp3) is 0.438. The largest absolute Gasteiger partial charge is 0.494 e. The van der Waals surface area contributed by atoms with Crippen LogP contribution in [0, 0.1) is 17.6 Å². The number of methoxy groups -OCH3 is 1. The highest BCUT2D eigenvalue weighted by atomic mass is 35.5. The van der Waals surface area contributed by atoms with Crippen LogP contribution in [-0.2, 0) is 11.8 Å². The summed E-state index contributed by atoms with van der Waals surface area (Å²) in [5.41, 5.74) is 1.29. The predicted molar refractivity (Wildman–Crippen MR) is 172 cm³/mol. The van der Waals surface area contributed by atoms with E-state index in [1.807, 2.05) is 18.7 Å². The third-order valence-corrected chi connectivity index (χ3v) is 8.04. The predicted octanol–water partition coefficient (Wildman–Crippen LogP) is 4.20. The van der Waals surface area contributed by atoms with Gasteiger partial charge in [0.25, 0.3) is 11.8 Å². The minimum Gasteiger partial charge on any atom is -0.494 e. The van der Waals surface area contributed by atoms with Crippen LogP contribution in [0.4, 0.5) is 14.5 Å². The van der Waals surface area contributed by atoms with Crippen molar-refractivity contribution in [1.82, 2.24) is 24.7 Å². The van der Waals surface area contributed by atoms with Gasteiger partial charge in [-0.3, -0.25) is 14.4 Å². The first kappa shape index (κ1) is 36.4. The van der Waals surface area contributed by atoms with Crippen molar-refractivity contribution in [2.45, 2.75) is 26.7 Å². The molecule has 3 heterocycles. The number of hydrogen-bond acceptors (Lipinski definition) is 7. The van der Waals surface area contributed by atoms with E-state index in [1.165, 1.54) is 30.0 Å². The SMILES string of the molecule is CC.CO.COc1cc(-c2cnc(C(=O)Nc3ccc(C(=O)N4CCN(C(=O)C5CCNCC5)CC4)c(Cl)c3)n2C)cc(F)c1F. The van der Waals surface area contributed by atoms with Gasteiger partial charge in [0.05, 0.1) is 29.6 Å². The van der Waals surface area contributed by atoms with Gasteiger partial charge < -0.3 is 34.8 Å². The number of piperidine rings is 1. The van der Waals surface area contributed by atoms with Gasteiger partial charge in [-0.15, -0.1) is 0 Å². The molecule has 46 heavy (non-hydrogen) atoms. The van der Waals surface area contributed by atoms with Crippen LogP contribution in [0.3, 0.4) is 0 Å². The van der Waals surface area contributed by atoms with E-state index in [-0.39, 0.29) is 39.9 Å². The molecular weight excluding hydrogens is 622 g/mol. The minimum atomic E-state index is -1.11. The maximum absolute atomic E-state index is 14.0. The molecule has 2 saturated heterocycles. The van der Waals surface area contributed by atoms with Crippen LogP contribution in [0.15, 0.2) is 36.5 Å². The number of aromatic nitrogens is 2. The lowest BCUT2D eigenvalue weighted by Crippen LogP contribution is -2.52. The number of nitrogens with zero attached hydrogens (tertiary/aromatic N) is 4. The van der Waals surface area contributed by atoms with E-state index in [9.17, 15) is 23.2 Å². The summed E-state index contributed by atoms with van der Waals surface area (Å²) in [6, 6.07) is 6.91. The maximum atomic E-state index is 14.0. The number of aliphatic hydroxyl groups is 1. The van der Waals surface area contributed by atoms with E-state index in [0.29, 0.717) is 43.1 Å². The standard InChI is InChI=1S/C29H31ClF2N6O4.C2H6.CH4O/c1-36-23(18-13-22(31)25(32)24(14-18)42-2)16-34-26(36)27(39)35-19-3-4-20(21(30)15-19)29(41)38-11-9-37(10-12-38)28(40)17-5-7-33-8-6-17;2*1-2/h3-4,13-17,33H,5-12H2,1-2H3,(H,35,39);1-2H3;2H,1H3. The van der Waals surface area contributed by atoms with Gasteiger partial charge in [-0.2, -0.15) is 4.39 Å². The number of carbonyl (C=O) groups excluding carboxylic acids is 3. The second kappa shape index (κ2) is 17.0. The maximum Gasteiger partial charge on any atom is 0.291 e. The Kier molecular flexibility index (Phi) is 13.5. The third-order valence-electron chi connectivity index (χ3n) is 7.73. The zero-order chi connectivity index (χ0) is 34.0. The molecule has 1 aromatic heterocycles. The summed E-state index contributed by atoms with van der Waals surface area (Å²) in [6.45, 7) is 7.47. The van der Waals surface area contributed by atoms with E-state index in [1.54, 1.807) is 24.1 Å². The molecule has 0 unspecified atom stereocenters. The molecule has 2 aromatic carbocycles. The van der Waals surface area contributed by atoms with Gasteiger partial charge in [-0.25, -0.2) is 9.37 Å². The van der Waals surface area contributed by atoms with Crippen LogP contribution >= 0.6 is 11.6 Å². The van der Waals surface area contributed by atoms with Gasteiger partial charge in [0.15, 0.2) is 17.4 Å². The van der Waals surface area contributed by atoms with Crippen LogP contribution < -0.4 is 15.4 Å². The van der Waals surface area contributed by atoms with Crippen molar-refractivity contribution in [1.29, 1.82) is 0 Å². The number of rotatable bonds is 6. The number of piperazine rings is 1. The van der Waals surface area contributed by atoms with E-state index in [2.05, 4.69) is 15.6 Å². The zero-order valence-electron chi connectivity index (χ0n) is 26.7. The van der Waals surface area contributed by atoms with Crippen molar-refractivity contribution in [3.05, 3.63) is 64.6 Å². The molecule has 14 heteroatoms. The highest BCUT2D eigenvalue weighted by Crippen LogP contribution is 2.29. The molecule has 11 nitrogen and oxygen atoms in total. The third kappa shape index (κ3) is 8.20. The van der Waals surface area contributed by atoms with Crippen LogP contribution in [0.1, 0.15) is 47.7 Å². The lowest BCUT2D eigenvalue weighted by atomic mass is 9.96. The summed E-state index contributed by atoms with van der Waals surface area (Å²) in [7, 11) is 3.80. The van der Waals surface area contributed by atoms with Crippen LogP contribution in [0.25, 0.3) is 11.3 Å². The number of ether oxygens (including phenoxy) is 1. The molecule has 2 aliphatic heterocycles. The van der Waals surface area contributed by atoms with Crippen molar-refractivity contribution < 1.29 is 33.0 Å². The first-order chi connectivity index (χ1) is 22.2. The Labute approximate surface area is 272 Å². The molecule has 0 bridgehead atoms. The van der Waals surface area contributed by atoms with Crippen molar-refractivity contribution in [2.75, 3.05) is 58.8 Å². The molecule has 0 saturated carbocycles. The first-order valence-electron chi connectivity index (χ1n) is 15.1. The molecule has 5 rings (SSSR count). The molecule has 3 aromatic rings. The summed E-state index contributed by atoms with van der Waals surface area (Å²) >= 11 is 6.46. The quantitative estimate of drug-likeness (QED) is 0.361. The molecule has 0 radical (unpaired) electrons. The summed E-state index contributed by atoms with van der Waals surface area (Å²) in [5, 5.41) is 13.1. The van der Waals surface area contributed by atoms with Crippen molar-refractivity contribution >= 4 is 35.0 Å². The zero-order valence-corrected chi connectivity index (χ0v) is 27.5. The van der Waals surface area contributed by atoms with Gasteiger partial charge in [0, 0.05) is 57.5 Å². The Morgan fingerprint density at radius 3 is 2.26 bits per heavy atom. The second-order valence-electron chi connectivity index (χ2n) is 10.3. The first-order valence-corrected chi connectivity index (χ1v) is 15.4. The smallest absolute Gasteiger partial charge is 0.291 e. The number of aliphatic hydroxyl groups excluding tert-OH is 1. The Hall–Kier alpha value is -4.07. The van der Waals surface area contributed by atoms with Crippen molar-refractivity contribution in [3.8, 4) is 17.0 Å². The average molecular weight is 663 g/mol. The average Bonchev–Trinajstić information content (AvgIpc) is 3.48. The normalized spacial score (nSPS) is 14.8. The summed E-state index contributed by atoms with van der Waals surface area (Å²) in [6.07, 6.45) is 3.04. The highest BCUT2D eigenvalue weighted by Gasteiger charge is 2.30. The summed E-state index contributed by atoms with van der Waals surface area (Å²) in [4.78, 5) is 46.7. The number of nitrogens with one attached hydrogen (secondary N) is 2. The van der Waals surface area contributed by atoms with E-state index >= 15 is 0 Å². The number of halogens is 3. The Bertz CT molecular complexity index is 1520. The van der Waals surface area contributed by atoms with Gasteiger partial charge >= 0.3 is 0 Å². The highest BCUT2D eigenvalue weighted by molar-refractivity contribution is 6.34. The fourth-order valence-electron chi connectivity index (χ4n) is 5.33. The van der Waals surface area contributed by atoms with E-state index in [4.69, 9.17) is 21.4 Å². The van der Waals surface area contributed by atoms with Crippen molar-refractivity contribution in [2.24, 2.45) is 13.0 Å². The Morgan fingerprint density at radius 1 is 1.02 bits per heavy atom.